The third-order valence-corrected chi connectivity index (χ3v) is 6.10. The third kappa shape index (κ3) is 6.56. The molecule has 2 rings (SSSR count). The summed E-state index contributed by atoms with van der Waals surface area (Å²) in [4.78, 5) is 6.82. The van der Waals surface area contributed by atoms with E-state index in [1.165, 1.54) is 6.26 Å². The summed E-state index contributed by atoms with van der Waals surface area (Å²) in [6.45, 7) is 8.24. The maximum Gasteiger partial charge on any atom is 0.177 e. The summed E-state index contributed by atoms with van der Waals surface area (Å²) in [5.74, 6) is 0.621. The first-order valence-electron chi connectivity index (χ1n) is 10.2. The van der Waals surface area contributed by atoms with Crippen LogP contribution in [-0.2, 0) is 19.3 Å². The van der Waals surface area contributed by atoms with Crippen LogP contribution in [0.15, 0.2) is 29.2 Å². The van der Waals surface area contributed by atoms with Gasteiger partial charge in [-0.05, 0) is 36.6 Å². The molecular formula is C22H34N4O4S. The highest BCUT2D eigenvalue weighted by molar-refractivity contribution is 7.90. The highest BCUT2D eigenvalue weighted by Gasteiger charge is 2.19. The maximum absolute atomic E-state index is 12.5. The Kier molecular flexibility index (Phi) is 8.67. The highest BCUT2D eigenvalue weighted by Crippen LogP contribution is 2.34. The topological polar surface area (TPSA) is 107 Å². The van der Waals surface area contributed by atoms with Gasteiger partial charge in [0.2, 0.25) is 0 Å². The van der Waals surface area contributed by atoms with E-state index in [-0.39, 0.29) is 10.8 Å². The van der Waals surface area contributed by atoms with Gasteiger partial charge in [-0.25, -0.2) is 13.4 Å². The van der Waals surface area contributed by atoms with Crippen LogP contribution in [0.2, 0.25) is 0 Å². The van der Waals surface area contributed by atoms with E-state index in [0.717, 1.165) is 16.9 Å². The zero-order chi connectivity index (χ0) is 23.2. The van der Waals surface area contributed by atoms with E-state index in [1.807, 2.05) is 32.9 Å². The van der Waals surface area contributed by atoms with Crippen LogP contribution in [-0.4, -0.2) is 60.2 Å². The monoisotopic (exact) mass is 450 g/mol. The van der Waals surface area contributed by atoms with E-state index in [1.54, 1.807) is 26.4 Å². The van der Waals surface area contributed by atoms with Crippen molar-refractivity contribution in [3.8, 4) is 0 Å². The van der Waals surface area contributed by atoms with Gasteiger partial charge >= 0.3 is 0 Å². The third-order valence-electron chi connectivity index (χ3n) is 4.96. The van der Waals surface area contributed by atoms with Gasteiger partial charge in [-0.3, -0.25) is 0 Å². The first kappa shape index (κ1) is 24.9. The molecule has 2 aromatic rings. The van der Waals surface area contributed by atoms with E-state index >= 15 is 0 Å². The van der Waals surface area contributed by atoms with Crippen molar-refractivity contribution in [1.29, 1.82) is 0 Å². The molecule has 0 aliphatic heterocycles. The number of aromatic nitrogens is 1. The molecule has 0 amide bonds. The Hall–Kier alpha value is -2.36. The number of aryl methyl sites for hydroxylation is 1. The smallest absolute Gasteiger partial charge is 0.177 e. The maximum atomic E-state index is 12.5. The zero-order valence-corrected chi connectivity index (χ0v) is 20.0. The lowest BCUT2D eigenvalue weighted by Crippen LogP contribution is -2.31. The number of hydrogen-bond acceptors (Lipinski definition) is 8. The second kappa shape index (κ2) is 10.8. The van der Waals surface area contributed by atoms with Gasteiger partial charge in [-0.15, -0.1) is 0 Å². The molecule has 0 aliphatic carbocycles. The largest absolute Gasteiger partial charge is 0.394 e. The summed E-state index contributed by atoms with van der Waals surface area (Å²) in [6.07, 6.45) is 1.20. The van der Waals surface area contributed by atoms with Crippen LogP contribution in [0, 0.1) is 6.92 Å². The summed E-state index contributed by atoms with van der Waals surface area (Å²) in [5.41, 5.74) is 9.86. The number of benzene rings is 1. The molecule has 31 heavy (non-hydrogen) atoms. The van der Waals surface area contributed by atoms with Crippen molar-refractivity contribution in [3.63, 3.8) is 0 Å². The molecule has 9 heteroatoms. The molecule has 0 saturated heterocycles. The number of ether oxygens (including phenoxy) is 2. The molecule has 0 saturated carbocycles. The minimum absolute atomic E-state index is 0.207. The normalized spacial score (nSPS) is 11.7. The standard InChI is InChI=1S/C22H34N4O4S/c1-15(2)17-7-8-18(20(14-17)31(6,27)28)25-22-21(23)19(13-16(3)24-22)26(9-11-29-4)10-12-30-5/h7-8,13-15H,9-12,23H2,1-6H3,(H,24,25). The van der Waals surface area contributed by atoms with Crippen LogP contribution in [0.5, 0.6) is 0 Å². The van der Waals surface area contributed by atoms with E-state index in [9.17, 15) is 8.42 Å². The van der Waals surface area contributed by atoms with E-state index < -0.39 is 9.84 Å². The van der Waals surface area contributed by atoms with Gasteiger partial charge in [0.05, 0.1) is 35.2 Å². The van der Waals surface area contributed by atoms with Gasteiger partial charge in [0, 0.05) is 39.3 Å². The Bertz CT molecular complexity index is 985. The minimum Gasteiger partial charge on any atom is -0.394 e. The first-order chi connectivity index (χ1) is 14.6. The molecular weight excluding hydrogens is 416 g/mol. The number of pyridine rings is 1. The number of nitrogens with one attached hydrogen (secondary N) is 1. The lowest BCUT2D eigenvalue weighted by Gasteiger charge is -2.27. The average molecular weight is 451 g/mol. The van der Waals surface area contributed by atoms with Crippen LogP contribution in [0.25, 0.3) is 0 Å². The Morgan fingerprint density at radius 1 is 1.13 bits per heavy atom. The number of sulfone groups is 1. The molecule has 3 N–H and O–H groups in total. The van der Waals surface area contributed by atoms with Gasteiger partial charge in [0.15, 0.2) is 15.7 Å². The zero-order valence-electron chi connectivity index (χ0n) is 19.2. The molecule has 0 atom stereocenters. The first-order valence-corrected chi connectivity index (χ1v) is 12.1. The number of nitrogens with two attached hydrogens (primary N) is 1. The molecule has 1 aromatic carbocycles. The van der Waals surface area contributed by atoms with Crippen molar-refractivity contribution in [2.45, 2.75) is 31.6 Å². The Morgan fingerprint density at radius 2 is 1.74 bits per heavy atom. The van der Waals surface area contributed by atoms with Gasteiger partial charge < -0.3 is 25.4 Å². The lowest BCUT2D eigenvalue weighted by atomic mass is 10.0. The van der Waals surface area contributed by atoms with Crippen molar-refractivity contribution in [3.05, 3.63) is 35.5 Å². The number of methoxy groups -OCH3 is 2. The van der Waals surface area contributed by atoms with Crippen molar-refractivity contribution in [1.82, 2.24) is 4.98 Å². The summed E-state index contributed by atoms with van der Waals surface area (Å²) < 4.78 is 35.4. The number of hydrogen-bond donors (Lipinski definition) is 2. The quantitative estimate of drug-likeness (QED) is 0.537. The highest BCUT2D eigenvalue weighted by atomic mass is 32.2. The van der Waals surface area contributed by atoms with Gasteiger partial charge in [-0.2, -0.15) is 0 Å². The van der Waals surface area contributed by atoms with E-state index in [4.69, 9.17) is 15.2 Å². The van der Waals surface area contributed by atoms with E-state index in [0.29, 0.717) is 43.5 Å². The number of nitrogen functional groups attached to an aromatic ring is 1. The van der Waals surface area contributed by atoms with Gasteiger partial charge in [-0.1, -0.05) is 19.9 Å². The molecule has 8 nitrogen and oxygen atoms in total. The summed E-state index contributed by atoms with van der Waals surface area (Å²) in [5, 5.41) is 3.16. The fourth-order valence-corrected chi connectivity index (χ4v) is 4.08. The van der Waals surface area contributed by atoms with Gasteiger partial charge in [0.25, 0.3) is 0 Å². The molecule has 0 aliphatic rings. The fourth-order valence-electron chi connectivity index (χ4n) is 3.21. The summed E-state index contributed by atoms with van der Waals surface area (Å²) in [6, 6.07) is 7.30. The van der Waals surface area contributed by atoms with Crippen LogP contribution >= 0.6 is 0 Å². The predicted octanol–water partition coefficient (Wildman–Crippen LogP) is 3.34. The number of rotatable bonds is 11. The molecule has 0 spiro atoms. The van der Waals surface area contributed by atoms with Crippen LogP contribution in [0.4, 0.5) is 22.9 Å². The van der Waals surface area contributed by atoms with Crippen LogP contribution in [0.1, 0.15) is 31.0 Å². The van der Waals surface area contributed by atoms with Crippen LogP contribution < -0.4 is 16.0 Å². The SMILES string of the molecule is COCCN(CCOC)c1cc(C)nc(Nc2ccc(C(C)C)cc2S(C)(=O)=O)c1N. The second-order valence-electron chi connectivity index (χ2n) is 7.83. The minimum atomic E-state index is -3.46. The molecule has 172 valence electrons. The second-order valence-corrected chi connectivity index (χ2v) is 9.81. The van der Waals surface area contributed by atoms with Crippen LogP contribution in [0.3, 0.4) is 0 Å². The van der Waals surface area contributed by atoms with Crippen molar-refractivity contribution in [2.24, 2.45) is 0 Å². The summed E-state index contributed by atoms with van der Waals surface area (Å²) >= 11 is 0. The lowest BCUT2D eigenvalue weighted by molar-refractivity contribution is 0.190. The molecule has 0 bridgehead atoms. The van der Waals surface area contributed by atoms with Gasteiger partial charge in [0.1, 0.15) is 0 Å². The predicted molar refractivity (Wildman–Crippen MR) is 126 cm³/mol. The molecule has 0 fully saturated rings. The number of nitrogens with zero attached hydrogens (tertiary/aromatic N) is 2. The average Bonchev–Trinajstić information content (AvgIpc) is 2.70. The van der Waals surface area contributed by atoms with Crippen molar-refractivity contribution >= 4 is 32.7 Å². The fraction of sp³-hybridized carbons (Fsp3) is 0.500. The summed E-state index contributed by atoms with van der Waals surface area (Å²) in [7, 11) is -0.160. The molecule has 1 aromatic heterocycles. The van der Waals surface area contributed by atoms with Crippen molar-refractivity contribution in [2.75, 3.05) is 62.7 Å². The Morgan fingerprint density at radius 3 is 2.26 bits per heavy atom. The number of anilines is 4. The molecule has 1 heterocycles. The Balaban J connectivity index is 2.51. The molecule has 0 unspecified atom stereocenters. The van der Waals surface area contributed by atoms with Crippen molar-refractivity contribution < 1.29 is 17.9 Å². The Labute approximate surface area is 185 Å². The van der Waals surface area contributed by atoms with E-state index in [2.05, 4.69) is 15.2 Å². The molecule has 0 radical (unpaired) electrons.